The summed E-state index contributed by atoms with van der Waals surface area (Å²) in [6.07, 6.45) is -4.63. The third-order valence-corrected chi connectivity index (χ3v) is 4.90. The first-order valence-electron chi connectivity index (χ1n) is 10.2. The lowest BCUT2D eigenvalue weighted by Gasteiger charge is -2.28. The summed E-state index contributed by atoms with van der Waals surface area (Å²) in [7, 11) is 0. The molecule has 0 atom stereocenters. The van der Waals surface area contributed by atoms with Gasteiger partial charge in [0, 0.05) is 31.9 Å². The van der Waals surface area contributed by atoms with E-state index in [0.717, 1.165) is 36.5 Å². The summed E-state index contributed by atoms with van der Waals surface area (Å²) in [4.78, 5) is 6.71. The highest BCUT2D eigenvalue weighted by Crippen LogP contribution is 2.32. The Labute approximate surface area is 202 Å². The molecule has 0 bridgehead atoms. The summed E-state index contributed by atoms with van der Waals surface area (Å²) < 4.78 is 58.2. The quantitative estimate of drug-likeness (QED) is 0.233. The highest BCUT2D eigenvalue weighted by molar-refractivity contribution is 14.0. The summed E-state index contributed by atoms with van der Waals surface area (Å²) in [6, 6.07) is 10.7. The van der Waals surface area contributed by atoms with Gasteiger partial charge in [-0.2, -0.15) is 13.2 Å². The van der Waals surface area contributed by atoms with Gasteiger partial charge in [-0.15, -0.1) is 24.0 Å². The van der Waals surface area contributed by atoms with E-state index < -0.39 is 17.6 Å². The molecule has 2 aromatic carbocycles. The molecule has 32 heavy (non-hydrogen) atoms. The number of morpholine rings is 1. The van der Waals surface area contributed by atoms with E-state index >= 15 is 0 Å². The molecule has 2 N–H and O–H groups in total. The number of alkyl halides is 3. The lowest BCUT2D eigenvalue weighted by atomic mass is 10.1. The van der Waals surface area contributed by atoms with Crippen molar-refractivity contribution in [3.05, 3.63) is 65.0 Å². The van der Waals surface area contributed by atoms with E-state index in [-0.39, 0.29) is 36.1 Å². The molecule has 0 aromatic heterocycles. The van der Waals surface area contributed by atoms with E-state index in [1.54, 1.807) is 0 Å². The zero-order valence-corrected chi connectivity index (χ0v) is 20.0. The molecule has 3 rings (SSSR count). The van der Waals surface area contributed by atoms with Crippen molar-refractivity contribution in [3.8, 4) is 0 Å². The van der Waals surface area contributed by atoms with Gasteiger partial charge in [-0.3, -0.25) is 0 Å². The van der Waals surface area contributed by atoms with Crippen LogP contribution in [0.1, 0.15) is 23.6 Å². The fourth-order valence-electron chi connectivity index (χ4n) is 3.29. The van der Waals surface area contributed by atoms with E-state index in [0.29, 0.717) is 38.3 Å². The molecule has 2 aromatic rings. The van der Waals surface area contributed by atoms with E-state index in [2.05, 4.69) is 20.5 Å². The van der Waals surface area contributed by atoms with Gasteiger partial charge in [0.25, 0.3) is 0 Å². The monoisotopic (exact) mass is 566 g/mol. The molecule has 176 valence electrons. The van der Waals surface area contributed by atoms with E-state index in [1.807, 2.05) is 31.2 Å². The first-order chi connectivity index (χ1) is 14.9. The highest BCUT2D eigenvalue weighted by atomic mass is 127. The summed E-state index contributed by atoms with van der Waals surface area (Å²) >= 11 is 0. The molecule has 1 aliphatic rings. The Bertz CT molecular complexity index is 884. The lowest BCUT2D eigenvalue weighted by Crippen LogP contribution is -2.37. The minimum Gasteiger partial charge on any atom is -0.378 e. The fourth-order valence-corrected chi connectivity index (χ4v) is 3.29. The zero-order chi connectivity index (χ0) is 22.3. The summed E-state index contributed by atoms with van der Waals surface area (Å²) in [5.41, 5.74) is 1.06. The number of nitrogens with zero attached hydrogens (tertiary/aromatic N) is 2. The Kier molecular flexibility index (Phi) is 10.0. The number of rotatable bonds is 6. The lowest BCUT2D eigenvalue weighted by molar-refractivity contribution is -0.138. The second-order valence-corrected chi connectivity index (χ2v) is 7.11. The molecule has 1 heterocycles. The van der Waals surface area contributed by atoms with Crippen LogP contribution >= 0.6 is 24.0 Å². The number of guanidine groups is 1. The smallest absolute Gasteiger partial charge is 0.378 e. The maximum atomic E-state index is 13.3. The predicted molar refractivity (Wildman–Crippen MR) is 128 cm³/mol. The molecular formula is C22H27F4IN4O. The number of anilines is 1. The summed E-state index contributed by atoms with van der Waals surface area (Å²) in [5, 5.41) is 5.91. The van der Waals surface area contributed by atoms with E-state index in [1.165, 1.54) is 0 Å². The predicted octanol–water partition coefficient (Wildman–Crippen LogP) is 4.55. The van der Waals surface area contributed by atoms with Crippen molar-refractivity contribution in [1.29, 1.82) is 0 Å². The number of aliphatic imine (C=N–C) groups is 1. The Balaban J connectivity index is 0.00000363. The molecule has 0 saturated carbocycles. The van der Waals surface area contributed by atoms with Crippen LogP contribution in [0.5, 0.6) is 0 Å². The van der Waals surface area contributed by atoms with Gasteiger partial charge in [0.05, 0.1) is 25.3 Å². The molecule has 0 aliphatic carbocycles. The maximum Gasteiger partial charge on any atom is 0.416 e. The van der Waals surface area contributed by atoms with Gasteiger partial charge in [-0.05, 0) is 42.3 Å². The van der Waals surface area contributed by atoms with Crippen LogP contribution in [-0.2, 0) is 24.0 Å². The van der Waals surface area contributed by atoms with Crippen molar-refractivity contribution >= 4 is 35.6 Å². The standard InChI is InChI=1S/C22H26F4N4O.HI/c1-2-27-21(29-15-17-5-6-18(23)13-20(17)22(24,25)26)28-14-16-3-7-19(8-4-16)30-9-11-31-12-10-30;/h3-8,13H,2,9-12,14-15H2,1H3,(H2,27,28,29);1H. The fraction of sp³-hybridized carbons (Fsp3) is 0.409. The SMILES string of the molecule is CCNC(=NCc1ccc(N2CCOCC2)cc1)NCc1ccc(F)cc1C(F)(F)F.I. The largest absolute Gasteiger partial charge is 0.416 e. The number of benzene rings is 2. The number of nitrogens with one attached hydrogen (secondary N) is 2. The molecule has 0 amide bonds. The van der Waals surface area contributed by atoms with Crippen molar-refractivity contribution in [1.82, 2.24) is 10.6 Å². The molecule has 0 spiro atoms. The topological polar surface area (TPSA) is 48.9 Å². The third kappa shape index (κ3) is 7.51. The first kappa shape index (κ1) is 26.2. The molecule has 5 nitrogen and oxygen atoms in total. The first-order valence-corrected chi connectivity index (χ1v) is 10.2. The minimum atomic E-state index is -4.63. The zero-order valence-electron chi connectivity index (χ0n) is 17.7. The van der Waals surface area contributed by atoms with Gasteiger partial charge in [-0.25, -0.2) is 9.38 Å². The van der Waals surface area contributed by atoms with Crippen LogP contribution in [0, 0.1) is 5.82 Å². The van der Waals surface area contributed by atoms with Crippen LogP contribution in [0.25, 0.3) is 0 Å². The van der Waals surface area contributed by atoms with Crippen molar-refractivity contribution in [2.24, 2.45) is 4.99 Å². The number of ether oxygens (including phenoxy) is 1. The average molecular weight is 566 g/mol. The normalized spacial score (nSPS) is 14.7. The van der Waals surface area contributed by atoms with Gasteiger partial charge in [0.1, 0.15) is 5.82 Å². The van der Waals surface area contributed by atoms with Crippen molar-refractivity contribution in [2.45, 2.75) is 26.2 Å². The van der Waals surface area contributed by atoms with Crippen molar-refractivity contribution in [2.75, 3.05) is 37.7 Å². The Hall–Kier alpha value is -2.08. The number of hydrogen-bond donors (Lipinski definition) is 2. The van der Waals surface area contributed by atoms with Gasteiger partial charge in [0.2, 0.25) is 0 Å². The molecule has 1 saturated heterocycles. The molecule has 0 unspecified atom stereocenters. The summed E-state index contributed by atoms with van der Waals surface area (Å²) in [5.74, 6) is -0.533. The Morgan fingerprint density at radius 3 is 2.38 bits per heavy atom. The van der Waals surface area contributed by atoms with Crippen molar-refractivity contribution < 1.29 is 22.3 Å². The molecule has 0 radical (unpaired) electrons. The second kappa shape index (κ2) is 12.2. The molecule has 10 heteroatoms. The summed E-state index contributed by atoms with van der Waals surface area (Å²) in [6.45, 7) is 5.81. The minimum absolute atomic E-state index is 0. The van der Waals surface area contributed by atoms with Crippen LogP contribution < -0.4 is 15.5 Å². The van der Waals surface area contributed by atoms with Gasteiger partial charge < -0.3 is 20.3 Å². The third-order valence-electron chi connectivity index (χ3n) is 4.90. The second-order valence-electron chi connectivity index (χ2n) is 7.11. The average Bonchev–Trinajstić information content (AvgIpc) is 2.76. The van der Waals surface area contributed by atoms with Crippen LogP contribution in [0.2, 0.25) is 0 Å². The van der Waals surface area contributed by atoms with E-state index in [4.69, 9.17) is 4.74 Å². The van der Waals surface area contributed by atoms with Gasteiger partial charge in [0.15, 0.2) is 5.96 Å². The van der Waals surface area contributed by atoms with Gasteiger partial charge >= 0.3 is 6.18 Å². The van der Waals surface area contributed by atoms with Crippen LogP contribution in [0.15, 0.2) is 47.5 Å². The maximum absolute atomic E-state index is 13.3. The van der Waals surface area contributed by atoms with E-state index in [9.17, 15) is 17.6 Å². The Morgan fingerprint density at radius 2 is 1.75 bits per heavy atom. The highest BCUT2D eigenvalue weighted by Gasteiger charge is 2.33. The van der Waals surface area contributed by atoms with Crippen LogP contribution in [0.3, 0.4) is 0 Å². The number of hydrogen-bond acceptors (Lipinski definition) is 3. The van der Waals surface area contributed by atoms with Crippen molar-refractivity contribution in [3.63, 3.8) is 0 Å². The molecule has 1 aliphatic heterocycles. The molecule has 1 fully saturated rings. The Morgan fingerprint density at radius 1 is 1.06 bits per heavy atom. The van der Waals surface area contributed by atoms with Crippen LogP contribution in [-0.4, -0.2) is 38.8 Å². The molecular weight excluding hydrogens is 539 g/mol. The van der Waals surface area contributed by atoms with Crippen LogP contribution in [0.4, 0.5) is 23.2 Å². The van der Waals surface area contributed by atoms with Gasteiger partial charge in [-0.1, -0.05) is 18.2 Å². The number of halogens is 5.